The highest BCUT2D eigenvalue weighted by molar-refractivity contribution is 5.01. The highest BCUT2D eigenvalue weighted by Gasteiger charge is 2.17. The van der Waals surface area contributed by atoms with Crippen LogP contribution in [0.1, 0.15) is 38.1 Å². The average Bonchev–Trinajstić information content (AvgIpc) is 2.81. The van der Waals surface area contributed by atoms with Gasteiger partial charge in [0.15, 0.2) is 0 Å². The van der Waals surface area contributed by atoms with E-state index in [9.17, 15) is 5.11 Å². The molecule has 0 spiro atoms. The number of hydrogen-bond donors (Lipinski definition) is 1. The second kappa shape index (κ2) is 5.51. The Bertz CT molecular complexity index is 289. The van der Waals surface area contributed by atoms with E-state index >= 15 is 0 Å². The quantitative estimate of drug-likeness (QED) is 0.851. The molecule has 3 heteroatoms. The molecule has 0 aliphatic carbocycles. The van der Waals surface area contributed by atoms with Crippen LogP contribution in [0.5, 0.6) is 0 Å². The van der Waals surface area contributed by atoms with Crippen LogP contribution in [0.4, 0.5) is 0 Å². The van der Waals surface area contributed by atoms with Crippen molar-refractivity contribution in [2.75, 3.05) is 19.6 Å². The Hall–Kier alpha value is -0.800. The number of aliphatic hydroxyl groups excluding tert-OH is 1. The van der Waals surface area contributed by atoms with Crippen LogP contribution in [0.2, 0.25) is 0 Å². The van der Waals surface area contributed by atoms with Crippen molar-refractivity contribution in [1.82, 2.24) is 4.90 Å². The standard InChI is InChI=1S/C13H21NO2/c1-11-4-7-14(8-5-11)9-6-12(15)13-3-2-10-16-13/h2-3,10-12,15H,4-9H2,1H3. The van der Waals surface area contributed by atoms with Crippen LogP contribution in [0.3, 0.4) is 0 Å². The summed E-state index contributed by atoms with van der Waals surface area (Å²) in [5, 5.41) is 9.87. The first-order chi connectivity index (χ1) is 7.75. The van der Waals surface area contributed by atoms with Crippen molar-refractivity contribution in [3.05, 3.63) is 24.2 Å². The first-order valence-corrected chi connectivity index (χ1v) is 6.19. The SMILES string of the molecule is CC1CCN(CCC(O)c2ccco2)CC1. The molecule has 0 aromatic carbocycles. The lowest BCUT2D eigenvalue weighted by atomic mass is 9.99. The molecule has 1 aromatic heterocycles. The van der Waals surface area contributed by atoms with Gasteiger partial charge in [0.2, 0.25) is 0 Å². The normalized spacial score (nSPS) is 21.1. The lowest BCUT2D eigenvalue weighted by Gasteiger charge is -2.30. The maximum Gasteiger partial charge on any atom is 0.132 e. The fourth-order valence-electron chi connectivity index (χ4n) is 2.21. The molecule has 1 aliphatic rings. The van der Waals surface area contributed by atoms with E-state index in [0.29, 0.717) is 5.76 Å². The predicted molar refractivity (Wildman–Crippen MR) is 63.1 cm³/mol. The largest absolute Gasteiger partial charge is 0.467 e. The second-order valence-electron chi connectivity index (χ2n) is 4.84. The van der Waals surface area contributed by atoms with E-state index in [-0.39, 0.29) is 0 Å². The van der Waals surface area contributed by atoms with Gasteiger partial charge in [0.25, 0.3) is 0 Å². The van der Waals surface area contributed by atoms with Crippen LogP contribution < -0.4 is 0 Å². The van der Waals surface area contributed by atoms with Crippen molar-refractivity contribution in [2.24, 2.45) is 5.92 Å². The van der Waals surface area contributed by atoms with Gasteiger partial charge in [-0.25, -0.2) is 0 Å². The molecule has 2 rings (SSSR count). The van der Waals surface area contributed by atoms with Crippen LogP contribution in [0.25, 0.3) is 0 Å². The van der Waals surface area contributed by atoms with Gasteiger partial charge in [-0.2, -0.15) is 0 Å². The molecule has 1 unspecified atom stereocenters. The van der Waals surface area contributed by atoms with Gasteiger partial charge in [0.05, 0.1) is 6.26 Å². The maximum atomic E-state index is 9.87. The van der Waals surface area contributed by atoms with Crippen molar-refractivity contribution in [3.8, 4) is 0 Å². The summed E-state index contributed by atoms with van der Waals surface area (Å²) in [6, 6.07) is 3.66. The minimum absolute atomic E-state index is 0.450. The predicted octanol–water partition coefficient (Wildman–Crippen LogP) is 2.44. The molecule has 0 bridgehead atoms. The van der Waals surface area contributed by atoms with E-state index in [1.165, 1.54) is 25.9 Å². The number of piperidine rings is 1. The molecular weight excluding hydrogens is 202 g/mol. The smallest absolute Gasteiger partial charge is 0.132 e. The summed E-state index contributed by atoms with van der Waals surface area (Å²) in [4.78, 5) is 2.44. The molecule has 1 aliphatic heterocycles. The van der Waals surface area contributed by atoms with Gasteiger partial charge in [-0.15, -0.1) is 0 Å². The van der Waals surface area contributed by atoms with Crippen molar-refractivity contribution >= 4 is 0 Å². The third-order valence-electron chi connectivity index (χ3n) is 3.47. The molecular formula is C13H21NO2. The second-order valence-corrected chi connectivity index (χ2v) is 4.84. The van der Waals surface area contributed by atoms with Gasteiger partial charge in [-0.05, 0) is 50.4 Å². The van der Waals surface area contributed by atoms with E-state index in [2.05, 4.69) is 11.8 Å². The molecule has 3 nitrogen and oxygen atoms in total. The molecule has 2 heterocycles. The van der Waals surface area contributed by atoms with E-state index in [1.807, 2.05) is 12.1 Å². The Morgan fingerprint density at radius 2 is 2.25 bits per heavy atom. The molecule has 0 radical (unpaired) electrons. The summed E-state index contributed by atoms with van der Waals surface area (Å²) in [6.45, 7) is 5.63. The van der Waals surface area contributed by atoms with Crippen LogP contribution in [0.15, 0.2) is 22.8 Å². The highest BCUT2D eigenvalue weighted by Crippen LogP contribution is 2.20. The third-order valence-corrected chi connectivity index (χ3v) is 3.47. The number of aliphatic hydroxyl groups is 1. The lowest BCUT2D eigenvalue weighted by molar-refractivity contribution is 0.109. The van der Waals surface area contributed by atoms with Crippen LogP contribution in [-0.2, 0) is 0 Å². The Morgan fingerprint density at radius 1 is 1.50 bits per heavy atom. The lowest BCUT2D eigenvalue weighted by Crippen LogP contribution is -2.34. The molecule has 1 atom stereocenters. The molecule has 0 amide bonds. The van der Waals surface area contributed by atoms with Gasteiger partial charge in [-0.1, -0.05) is 6.92 Å². The number of nitrogens with zero attached hydrogens (tertiary/aromatic N) is 1. The first-order valence-electron chi connectivity index (χ1n) is 6.19. The van der Waals surface area contributed by atoms with Crippen LogP contribution in [-0.4, -0.2) is 29.6 Å². The molecule has 1 saturated heterocycles. The van der Waals surface area contributed by atoms with Crippen molar-refractivity contribution < 1.29 is 9.52 Å². The number of hydrogen-bond acceptors (Lipinski definition) is 3. The Morgan fingerprint density at radius 3 is 2.88 bits per heavy atom. The molecule has 16 heavy (non-hydrogen) atoms. The van der Waals surface area contributed by atoms with E-state index in [1.54, 1.807) is 6.26 Å². The van der Waals surface area contributed by atoms with E-state index < -0.39 is 6.10 Å². The summed E-state index contributed by atoms with van der Waals surface area (Å²) in [5.41, 5.74) is 0. The van der Waals surface area contributed by atoms with Gasteiger partial charge in [0.1, 0.15) is 11.9 Å². The molecule has 90 valence electrons. The van der Waals surface area contributed by atoms with E-state index in [4.69, 9.17) is 4.42 Å². The summed E-state index contributed by atoms with van der Waals surface area (Å²) < 4.78 is 5.18. The number of furan rings is 1. The Balaban J connectivity index is 1.71. The zero-order valence-electron chi connectivity index (χ0n) is 9.93. The van der Waals surface area contributed by atoms with Crippen molar-refractivity contribution in [2.45, 2.75) is 32.3 Å². The molecule has 1 aromatic rings. The average molecular weight is 223 g/mol. The van der Waals surface area contributed by atoms with Gasteiger partial charge in [-0.3, -0.25) is 0 Å². The zero-order chi connectivity index (χ0) is 11.4. The minimum Gasteiger partial charge on any atom is -0.467 e. The van der Waals surface area contributed by atoms with E-state index in [0.717, 1.165) is 18.9 Å². The summed E-state index contributed by atoms with van der Waals surface area (Å²) >= 11 is 0. The van der Waals surface area contributed by atoms with Crippen LogP contribution >= 0.6 is 0 Å². The molecule has 1 N–H and O–H groups in total. The van der Waals surface area contributed by atoms with Gasteiger partial charge in [0, 0.05) is 6.54 Å². The highest BCUT2D eigenvalue weighted by atomic mass is 16.4. The number of rotatable bonds is 4. The topological polar surface area (TPSA) is 36.6 Å². The van der Waals surface area contributed by atoms with Crippen molar-refractivity contribution in [1.29, 1.82) is 0 Å². The molecule has 1 fully saturated rings. The fraction of sp³-hybridized carbons (Fsp3) is 0.692. The Kier molecular flexibility index (Phi) is 4.02. The maximum absolute atomic E-state index is 9.87. The fourth-order valence-corrected chi connectivity index (χ4v) is 2.21. The molecule has 0 saturated carbocycles. The van der Waals surface area contributed by atoms with Gasteiger partial charge >= 0.3 is 0 Å². The minimum atomic E-state index is -0.450. The zero-order valence-corrected chi connectivity index (χ0v) is 9.93. The monoisotopic (exact) mass is 223 g/mol. The van der Waals surface area contributed by atoms with Crippen LogP contribution in [0, 0.1) is 5.92 Å². The third kappa shape index (κ3) is 3.09. The van der Waals surface area contributed by atoms with Crippen molar-refractivity contribution in [3.63, 3.8) is 0 Å². The summed E-state index contributed by atoms with van der Waals surface area (Å²) in [5.74, 6) is 1.55. The first kappa shape index (κ1) is 11.7. The van der Waals surface area contributed by atoms with Gasteiger partial charge < -0.3 is 14.4 Å². The summed E-state index contributed by atoms with van der Waals surface area (Å²) in [7, 11) is 0. The summed E-state index contributed by atoms with van der Waals surface area (Å²) in [6.07, 6.45) is 4.51. The number of likely N-dealkylation sites (tertiary alicyclic amines) is 1. The Labute approximate surface area is 97.1 Å².